The van der Waals surface area contributed by atoms with E-state index in [1.54, 1.807) is 5.56 Å². The van der Waals surface area contributed by atoms with Gasteiger partial charge in [0, 0.05) is 18.6 Å². The predicted molar refractivity (Wildman–Crippen MR) is 80.5 cm³/mol. The quantitative estimate of drug-likeness (QED) is 0.877. The second-order valence-electron chi connectivity index (χ2n) is 6.98. The lowest BCUT2D eigenvalue weighted by molar-refractivity contribution is 0.326. The highest BCUT2D eigenvalue weighted by atomic mass is 15.2. The van der Waals surface area contributed by atoms with Gasteiger partial charge in [-0.3, -0.25) is 0 Å². The first-order chi connectivity index (χ1) is 9.06. The van der Waals surface area contributed by atoms with Crippen LogP contribution >= 0.6 is 0 Å². The SMILES string of the molecule is CN1CCC(NC2CCC(C)(C)c3ccccc32)C1. The van der Waals surface area contributed by atoms with E-state index in [9.17, 15) is 0 Å². The Labute approximate surface area is 117 Å². The summed E-state index contributed by atoms with van der Waals surface area (Å²) >= 11 is 0. The highest BCUT2D eigenvalue weighted by molar-refractivity contribution is 5.38. The van der Waals surface area contributed by atoms with Crippen molar-refractivity contribution in [1.82, 2.24) is 10.2 Å². The minimum Gasteiger partial charge on any atom is -0.306 e. The molecule has 0 saturated carbocycles. The van der Waals surface area contributed by atoms with Crippen LogP contribution in [0.4, 0.5) is 0 Å². The first kappa shape index (κ1) is 13.1. The standard InChI is InChI=1S/C17H26N2/c1-17(2)10-8-16(14-6-4-5-7-15(14)17)18-13-9-11-19(3)12-13/h4-7,13,16,18H,8-12H2,1-3H3. The van der Waals surface area contributed by atoms with Gasteiger partial charge in [-0.05, 0) is 49.4 Å². The molecule has 1 aliphatic heterocycles. The predicted octanol–water partition coefficient (Wildman–Crippen LogP) is 3.09. The number of fused-ring (bicyclic) bond motifs is 1. The lowest BCUT2D eigenvalue weighted by Crippen LogP contribution is -2.39. The Kier molecular flexibility index (Phi) is 3.40. The maximum Gasteiger partial charge on any atom is 0.0326 e. The van der Waals surface area contributed by atoms with Crippen molar-refractivity contribution >= 4 is 0 Å². The molecule has 0 spiro atoms. The van der Waals surface area contributed by atoms with Crippen molar-refractivity contribution in [2.45, 2.75) is 50.6 Å². The van der Waals surface area contributed by atoms with Crippen molar-refractivity contribution in [3.63, 3.8) is 0 Å². The molecule has 1 N–H and O–H groups in total. The Hall–Kier alpha value is -0.860. The Balaban J connectivity index is 1.80. The van der Waals surface area contributed by atoms with Gasteiger partial charge in [-0.25, -0.2) is 0 Å². The monoisotopic (exact) mass is 258 g/mol. The van der Waals surface area contributed by atoms with Crippen LogP contribution in [0, 0.1) is 0 Å². The van der Waals surface area contributed by atoms with Gasteiger partial charge in [-0.15, -0.1) is 0 Å². The molecule has 0 aromatic heterocycles. The lowest BCUT2D eigenvalue weighted by atomic mass is 9.71. The van der Waals surface area contributed by atoms with Crippen LogP contribution in [0.2, 0.25) is 0 Å². The minimum atomic E-state index is 0.335. The minimum absolute atomic E-state index is 0.335. The summed E-state index contributed by atoms with van der Waals surface area (Å²) < 4.78 is 0. The van der Waals surface area contributed by atoms with Crippen LogP contribution < -0.4 is 5.32 Å². The van der Waals surface area contributed by atoms with Crippen LogP contribution in [0.1, 0.15) is 50.3 Å². The third kappa shape index (κ3) is 2.56. The van der Waals surface area contributed by atoms with Gasteiger partial charge in [0.25, 0.3) is 0 Å². The molecule has 19 heavy (non-hydrogen) atoms. The Bertz CT molecular complexity index is 452. The van der Waals surface area contributed by atoms with E-state index < -0.39 is 0 Å². The Morgan fingerprint density at radius 2 is 2.00 bits per heavy atom. The number of likely N-dealkylation sites (tertiary alicyclic amines) is 1. The molecular formula is C17H26N2. The molecular weight excluding hydrogens is 232 g/mol. The summed E-state index contributed by atoms with van der Waals surface area (Å²) in [5.74, 6) is 0. The fraction of sp³-hybridized carbons (Fsp3) is 0.647. The molecule has 2 aliphatic rings. The highest BCUT2D eigenvalue weighted by Crippen LogP contribution is 2.41. The number of hydrogen-bond donors (Lipinski definition) is 1. The van der Waals surface area contributed by atoms with Crippen molar-refractivity contribution in [2.24, 2.45) is 0 Å². The van der Waals surface area contributed by atoms with Crippen LogP contribution in [0.3, 0.4) is 0 Å². The van der Waals surface area contributed by atoms with Gasteiger partial charge in [0.05, 0.1) is 0 Å². The number of likely N-dealkylation sites (N-methyl/N-ethyl adjacent to an activating group) is 1. The Morgan fingerprint density at radius 3 is 2.74 bits per heavy atom. The van der Waals surface area contributed by atoms with Gasteiger partial charge in [0.2, 0.25) is 0 Å². The zero-order valence-electron chi connectivity index (χ0n) is 12.4. The fourth-order valence-electron chi connectivity index (χ4n) is 3.74. The van der Waals surface area contributed by atoms with E-state index in [4.69, 9.17) is 0 Å². The summed E-state index contributed by atoms with van der Waals surface area (Å²) in [7, 11) is 2.22. The maximum atomic E-state index is 3.90. The zero-order valence-corrected chi connectivity index (χ0v) is 12.4. The van der Waals surface area contributed by atoms with E-state index in [0.717, 1.165) is 0 Å². The molecule has 2 atom stereocenters. The number of nitrogens with zero attached hydrogens (tertiary/aromatic N) is 1. The van der Waals surface area contributed by atoms with E-state index >= 15 is 0 Å². The third-order valence-electron chi connectivity index (χ3n) is 4.95. The normalized spacial score (nSPS) is 30.3. The number of hydrogen-bond acceptors (Lipinski definition) is 2. The average molecular weight is 258 g/mol. The number of nitrogens with one attached hydrogen (secondary N) is 1. The molecule has 2 heteroatoms. The maximum absolute atomic E-state index is 3.90. The molecule has 0 radical (unpaired) electrons. The van der Waals surface area contributed by atoms with E-state index in [1.807, 2.05) is 0 Å². The van der Waals surface area contributed by atoms with Gasteiger partial charge in [-0.1, -0.05) is 38.1 Å². The molecule has 1 fully saturated rings. The van der Waals surface area contributed by atoms with Crippen molar-refractivity contribution in [3.8, 4) is 0 Å². The molecule has 1 aromatic carbocycles. The zero-order chi connectivity index (χ0) is 13.5. The molecule has 104 valence electrons. The lowest BCUT2D eigenvalue weighted by Gasteiger charge is -2.38. The van der Waals surface area contributed by atoms with Gasteiger partial charge in [0.15, 0.2) is 0 Å². The van der Waals surface area contributed by atoms with Gasteiger partial charge >= 0.3 is 0 Å². The third-order valence-corrected chi connectivity index (χ3v) is 4.95. The summed E-state index contributed by atoms with van der Waals surface area (Å²) in [5.41, 5.74) is 3.42. The van der Waals surface area contributed by atoms with E-state index in [2.05, 4.69) is 55.4 Å². The smallest absolute Gasteiger partial charge is 0.0326 e. The number of rotatable bonds is 2. The van der Waals surface area contributed by atoms with Gasteiger partial charge < -0.3 is 10.2 Å². The molecule has 1 saturated heterocycles. The average Bonchev–Trinajstić information content (AvgIpc) is 2.79. The molecule has 2 nitrogen and oxygen atoms in total. The van der Waals surface area contributed by atoms with Crippen LogP contribution in [0.15, 0.2) is 24.3 Å². The molecule has 1 heterocycles. The summed E-state index contributed by atoms with van der Waals surface area (Å²) in [6.07, 6.45) is 3.84. The molecule has 0 amide bonds. The molecule has 2 unspecified atom stereocenters. The van der Waals surface area contributed by atoms with Gasteiger partial charge in [-0.2, -0.15) is 0 Å². The van der Waals surface area contributed by atoms with E-state index in [-0.39, 0.29) is 0 Å². The van der Waals surface area contributed by atoms with Crippen molar-refractivity contribution in [3.05, 3.63) is 35.4 Å². The summed E-state index contributed by atoms with van der Waals surface area (Å²) in [4.78, 5) is 2.43. The molecule has 0 bridgehead atoms. The number of benzene rings is 1. The van der Waals surface area contributed by atoms with Crippen LogP contribution in [-0.4, -0.2) is 31.1 Å². The van der Waals surface area contributed by atoms with Crippen LogP contribution in [-0.2, 0) is 5.41 Å². The fourth-order valence-corrected chi connectivity index (χ4v) is 3.74. The van der Waals surface area contributed by atoms with Gasteiger partial charge in [0.1, 0.15) is 0 Å². The van der Waals surface area contributed by atoms with Crippen LogP contribution in [0.25, 0.3) is 0 Å². The summed E-state index contributed by atoms with van der Waals surface area (Å²) in [5, 5.41) is 3.90. The molecule has 1 aromatic rings. The first-order valence-electron chi connectivity index (χ1n) is 7.60. The van der Waals surface area contributed by atoms with Crippen molar-refractivity contribution in [2.75, 3.05) is 20.1 Å². The summed E-state index contributed by atoms with van der Waals surface area (Å²) in [6.45, 7) is 7.19. The van der Waals surface area contributed by atoms with Crippen molar-refractivity contribution < 1.29 is 0 Å². The van der Waals surface area contributed by atoms with E-state index in [1.165, 1.54) is 37.9 Å². The summed E-state index contributed by atoms with van der Waals surface area (Å²) in [6, 6.07) is 10.3. The van der Waals surface area contributed by atoms with Crippen molar-refractivity contribution in [1.29, 1.82) is 0 Å². The van der Waals surface area contributed by atoms with E-state index in [0.29, 0.717) is 17.5 Å². The largest absolute Gasteiger partial charge is 0.306 e. The van der Waals surface area contributed by atoms with Crippen LogP contribution in [0.5, 0.6) is 0 Å². The molecule has 3 rings (SSSR count). The molecule has 1 aliphatic carbocycles. The topological polar surface area (TPSA) is 15.3 Å². The first-order valence-corrected chi connectivity index (χ1v) is 7.60. The second kappa shape index (κ2) is 4.92. The Morgan fingerprint density at radius 1 is 1.21 bits per heavy atom. The highest BCUT2D eigenvalue weighted by Gasteiger charge is 2.33. The second-order valence-corrected chi connectivity index (χ2v) is 6.98.